The van der Waals surface area contributed by atoms with Crippen LogP contribution in [0.25, 0.3) is 0 Å². The van der Waals surface area contributed by atoms with Gasteiger partial charge in [0.1, 0.15) is 18.4 Å². The largest absolute Gasteiger partial charge is 0.352 e. The highest BCUT2D eigenvalue weighted by Crippen LogP contribution is 2.27. The minimum atomic E-state index is -4.34. The number of rotatable bonds is 11. The van der Waals surface area contributed by atoms with Crippen LogP contribution in [0.15, 0.2) is 77.7 Å². The molecule has 0 aromatic heterocycles. The summed E-state index contributed by atoms with van der Waals surface area (Å²) in [5.74, 6) is -1.82. The first-order chi connectivity index (χ1) is 18.4. The molecular weight excluding hydrogens is 541 g/mol. The molecule has 39 heavy (non-hydrogen) atoms. The van der Waals surface area contributed by atoms with Crippen LogP contribution < -0.4 is 9.62 Å². The fourth-order valence-corrected chi connectivity index (χ4v) is 5.64. The number of amides is 2. The number of carbonyl (C=O) groups excluding carboxylic acids is 2. The Morgan fingerprint density at radius 1 is 0.974 bits per heavy atom. The second-order valence-electron chi connectivity index (χ2n) is 9.51. The molecule has 0 saturated heterocycles. The van der Waals surface area contributed by atoms with Crippen LogP contribution in [0, 0.1) is 12.7 Å². The molecule has 0 bridgehead atoms. The van der Waals surface area contributed by atoms with Crippen molar-refractivity contribution in [1.82, 2.24) is 10.2 Å². The summed E-state index contributed by atoms with van der Waals surface area (Å²) in [5.41, 5.74) is 1.28. The average Bonchev–Trinajstić information content (AvgIpc) is 2.88. The molecule has 3 aromatic rings. The number of hydrogen-bond donors (Lipinski definition) is 1. The Kier molecular flexibility index (Phi) is 10.1. The predicted octanol–water partition coefficient (Wildman–Crippen LogP) is 5.31. The zero-order chi connectivity index (χ0) is 28.7. The van der Waals surface area contributed by atoms with Crippen LogP contribution in [0.1, 0.15) is 38.3 Å². The van der Waals surface area contributed by atoms with Gasteiger partial charge in [0.25, 0.3) is 10.0 Å². The van der Waals surface area contributed by atoms with E-state index in [1.807, 2.05) is 20.8 Å². The van der Waals surface area contributed by atoms with E-state index >= 15 is 0 Å². The lowest BCUT2D eigenvalue weighted by Gasteiger charge is -2.33. The second-order valence-corrected chi connectivity index (χ2v) is 11.8. The second kappa shape index (κ2) is 13.1. The monoisotopic (exact) mass is 573 g/mol. The number of carbonyl (C=O) groups is 2. The van der Waals surface area contributed by atoms with Gasteiger partial charge >= 0.3 is 0 Å². The van der Waals surface area contributed by atoms with Crippen LogP contribution in [0.3, 0.4) is 0 Å². The summed E-state index contributed by atoms with van der Waals surface area (Å²) in [6.07, 6.45) is 0.280. The molecule has 0 aliphatic carbocycles. The van der Waals surface area contributed by atoms with Crippen molar-refractivity contribution in [2.75, 3.05) is 10.8 Å². The van der Waals surface area contributed by atoms with Crippen molar-refractivity contribution in [3.05, 3.63) is 94.8 Å². The van der Waals surface area contributed by atoms with Gasteiger partial charge in [-0.1, -0.05) is 60.5 Å². The Morgan fingerprint density at radius 2 is 1.59 bits per heavy atom. The third-order valence-corrected chi connectivity index (χ3v) is 8.12. The summed E-state index contributed by atoms with van der Waals surface area (Å²) in [6.45, 7) is 6.51. The minimum absolute atomic E-state index is 0.0235. The third kappa shape index (κ3) is 7.58. The summed E-state index contributed by atoms with van der Waals surface area (Å²) >= 11 is 6.02. The molecule has 0 spiro atoms. The molecular formula is C29H33ClFN3O4S. The van der Waals surface area contributed by atoms with Gasteiger partial charge in [0, 0.05) is 17.6 Å². The highest BCUT2D eigenvalue weighted by Gasteiger charge is 2.34. The number of sulfonamides is 1. The summed E-state index contributed by atoms with van der Waals surface area (Å²) in [7, 11) is -4.34. The van der Waals surface area contributed by atoms with E-state index in [2.05, 4.69) is 5.32 Å². The van der Waals surface area contributed by atoms with Crippen LogP contribution in [0.2, 0.25) is 5.02 Å². The van der Waals surface area contributed by atoms with Gasteiger partial charge in [-0.2, -0.15) is 0 Å². The third-order valence-electron chi connectivity index (χ3n) is 6.09. The summed E-state index contributed by atoms with van der Waals surface area (Å²) in [6, 6.07) is 17.2. The van der Waals surface area contributed by atoms with Crippen molar-refractivity contribution in [3.63, 3.8) is 0 Å². The first-order valence-corrected chi connectivity index (χ1v) is 14.4. The van der Waals surface area contributed by atoms with E-state index < -0.39 is 34.3 Å². The molecule has 3 aromatic carbocycles. The molecule has 7 nitrogen and oxygen atoms in total. The molecule has 3 rings (SSSR count). The van der Waals surface area contributed by atoms with Crippen molar-refractivity contribution in [1.29, 1.82) is 0 Å². The predicted molar refractivity (Wildman–Crippen MR) is 151 cm³/mol. The smallest absolute Gasteiger partial charge is 0.264 e. The lowest BCUT2D eigenvalue weighted by Crippen LogP contribution is -2.53. The topological polar surface area (TPSA) is 86.8 Å². The Balaban J connectivity index is 2.07. The highest BCUT2D eigenvalue weighted by atomic mass is 35.5. The standard InChI is InChI=1S/C29H33ClFN3O4S/c1-5-26(29(36)32-20(2)3)33(18-22-12-14-23(30)15-13-22)28(35)19-34(27-9-7-6-8-25(27)31)39(37,38)24-16-10-21(4)11-17-24/h6-17,20,26H,5,18-19H2,1-4H3,(H,32,36). The number of benzene rings is 3. The maximum absolute atomic E-state index is 15.0. The van der Waals surface area contributed by atoms with Crippen molar-refractivity contribution in [2.24, 2.45) is 0 Å². The van der Waals surface area contributed by atoms with Gasteiger partial charge in [-0.3, -0.25) is 13.9 Å². The Morgan fingerprint density at radius 3 is 2.15 bits per heavy atom. The van der Waals surface area contributed by atoms with Gasteiger partial charge in [-0.25, -0.2) is 12.8 Å². The Bertz CT molecular complexity index is 1400. The van der Waals surface area contributed by atoms with Crippen LogP contribution in [-0.2, 0) is 26.2 Å². The van der Waals surface area contributed by atoms with E-state index in [1.54, 1.807) is 43.3 Å². The molecule has 2 amide bonds. The van der Waals surface area contributed by atoms with Crippen LogP contribution >= 0.6 is 11.6 Å². The van der Waals surface area contributed by atoms with Gasteiger partial charge in [0.2, 0.25) is 11.8 Å². The maximum atomic E-state index is 15.0. The molecule has 1 atom stereocenters. The quantitative estimate of drug-likeness (QED) is 0.337. The fourth-order valence-electron chi connectivity index (χ4n) is 4.09. The first-order valence-electron chi connectivity index (χ1n) is 12.6. The van der Waals surface area contributed by atoms with E-state index in [4.69, 9.17) is 11.6 Å². The molecule has 1 N–H and O–H groups in total. The summed E-state index contributed by atoms with van der Waals surface area (Å²) < 4.78 is 43.3. The van der Waals surface area contributed by atoms with Crippen molar-refractivity contribution in [2.45, 2.75) is 57.6 Å². The van der Waals surface area contributed by atoms with Crippen LogP contribution in [0.5, 0.6) is 0 Å². The number of hydrogen-bond acceptors (Lipinski definition) is 4. The zero-order valence-electron chi connectivity index (χ0n) is 22.4. The molecule has 208 valence electrons. The minimum Gasteiger partial charge on any atom is -0.352 e. The molecule has 0 radical (unpaired) electrons. The van der Waals surface area contributed by atoms with E-state index in [0.29, 0.717) is 10.6 Å². The first kappa shape index (κ1) is 30.1. The Labute approximate surface area is 234 Å². The lowest BCUT2D eigenvalue weighted by atomic mass is 10.1. The van der Waals surface area contributed by atoms with Gasteiger partial charge in [-0.15, -0.1) is 0 Å². The van der Waals surface area contributed by atoms with E-state index in [-0.39, 0.29) is 35.5 Å². The molecule has 0 saturated carbocycles. The van der Waals surface area contributed by atoms with Gasteiger partial charge < -0.3 is 10.2 Å². The molecule has 0 heterocycles. The maximum Gasteiger partial charge on any atom is 0.264 e. The van der Waals surface area contributed by atoms with Crippen molar-refractivity contribution < 1.29 is 22.4 Å². The molecule has 1 unspecified atom stereocenters. The molecule has 0 aliphatic rings. The molecule has 0 aliphatic heterocycles. The average molecular weight is 574 g/mol. The van der Waals surface area contributed by atoms with Crippen LogP contribution in [-0.4, -0.2) is 43.8 Å². The lowest BCUT2D eigenvalue weighted by molar-refractivity contribution is -0.140. The summed E-state index contributed by atoms with van der Waals surface area (Å²) in [5, 5.41) is 3.34. The molecule has 0 fully saturated rings. The van der Waals surface area contributed by atoms with Gasteiger partial charge in [-0.05, 0) is 69.2 Å². The fraction of sp³-hybridized carbons (Fsp3) is 0.310. The number of halogens is 2. The zero-order valence-corrected chi connectivity index (χ0v) is 24.0. The van der Waals surface area contributed by atoms with E-state index in [1.165, 1.54) is 35.2 Å². The highest BCUT2D eigenvalue weighted by molar-refractivity contribution is 7.92. The molecule has 10 heteroatoms. The van der Waals surface area contributed by atoms with Crippen LogP contribution in [0.4, 0.5) is 10.1 Å². The SMILES string of the molecule is CCC(C(=O)NC(C)C)N(Cc1ccc(Cl)cc1)C(=O)CN(c1ccccc1F)S(=O)(=O)c1ccc(C)cc1. The normalized spacial score (nSPS) is 12.2. The van der Waals surface area contributed by atoms with Gasteiger partial charge in [0.15, 0.2) is 0 Å². The van der Waals surface area contributed by atoms with Gasteiger partial charge in [0.05, 0.1) is 10.6 Å². The van der Waals surface area contributed by atoms with Crippen molar-refractivity contribution in [3.8, 4) is 0 Å². The number of anilines is 1. The Hall–Kier alpha value is -3.43. The van der Waals surface area contributed by atoms with E-state index in [0.717, 1.165) is 15.9 Å². The summed E-state index contributed by atoms with van der Waals surface area (Å²) in [4.78, 5) is 28.3. The number of nitrogens with zero attached hydrogens (tertiary/aromatic N) is 2. The van der Waals surface area contributed by atoms with E-state index in [9.17, 15) is 22.4 Å². The number of nitrogens with one attached hydrogen (secondary N) is 1. The number of para-hydroxylation sites is 1. The number of aryl methyl sites for hydroxylation is 1. The van der Waals surface area contributed by atoms with Crippen molar-refractivity contribution >= 4 is 39.1 Å².